The molecule has 2 rings (SSSR count). The number of carboxylic acid groups (broad SMARTS) is 1. The van der Waals surface area contributed by atoms with Crippen LogP contribution in [-0.4, -0.2) is 30.1 Å². The number of carbonyl (C=O) groups is 2. The largest absolute Gasteiger partial charge is 0.490 e. The summed E-state index contributed by atoms with van der Waals surface area (Å²) < 4.78 is 10.9. The number of fused-ring (bicyclic) bond motifs is 1. The Kier molecular flexibility index (Phi) is 3.50. The summed E-state index contributed by atoms with van der Waals surface area (Å²) >= 11 is 0. The predicted octanol–water partition coefficient (Wildman–Crippen LogP) is 1.75. The maximum atomic E-state index is 11.9. The number of carbonyl (C=O) groups excluding carboxylic acids is 1. The Morgan fingerprint density at radius 2 is 1.89 bits per heavy atom. The number of aliphatic carboxylic acids is 1. The predicted molar refractivity (Wildman–Crippen MR) is 63.2 cm³/mol. The molecule has 1 unspecified atom stereocenters. The summed E-state index contributed by atoms with van der Waals surface area (Å²) in [6.45, 7) is 2.47. The van der Waals surface area contributed by atoms with Crippen LogP contribution in [-0.2, 0) is 4.79 Å². The lowest BCUT2D eigenvalue weighted by Crippen LogP contribution is -2.20. The Bertz CT molecular complexity index is 480. The smallest absolute Gasteiger partial charge is 0.314 e. The molecule has 0 saturated carbocycles. The summed E-state index contributed by atoms with van der Waals surface area (Å²) in [6.07, 6.45) is 0.781. The lowest BCUT2D eigenvalue weighted by molar-refractivity contribution is -0.139. The number of rotatable bonds is 3. The highest BCUT2D eigenvalue weighted by Gasteiger charge is 2.23. The van der Waals surface area contributed by atoms with Crippen molar-refractivity contribution >= 4 is 11.8 Å². The third-order valence-corrected chi connectivity index (χ3v) is 2.80. The van der Waals surface area contributed by atoms with Crippen LogP contribution >= 0.6 is 0 Å². The molecule has 1 heterocycles. The Balaban J connectivity index is 2.28. The second-order valence-electron chi connectivity index (χ2n) is 4.14. The molecule has 1 aromatic rings. The van der Waals surface area contributed by atoms with Crippen LogP contribution < -0.4 is 9.47 Å². The molecular formula is C13H14O5. The first kappa shape index (κ1) is 12.4. The van der Waals surface area contributed by atoms with Gasteiger partial charge >= 0.3 is 5.97 Å². The van der Waals surface area contributed by atoms with E-state index in [9.17, 15) is 9.59 Å². The minimum absolute atomic E-state index is 0.328. The van der Waals surface area contributed by atoms with Crippen molar-refractivity contribution in [3.05, 3.63) is 23.8 Å². The fourth-order valence-electron chi connectivity index (χ4n) is 1.68. The Morgan fingerprint density at radius 3 is 2.56 bits per heavy atom. The van der Waals surface area contributed by atoms with Crippen LogP contribution in [0.15, 0.2) is 18.2 Å². The highest BCUT2D eigenvalue weighted by Crippen LogP contribution is 2.31. The molecule has 0 saturated heterocycles. The normalized spacial score (nSPS) is 15.6. The van der Waals surface area contributed by atoms with Gasteiger partial charge in [0, 0.05) is 12.0 Å². The number of carboxylic acids is 1. The molecule has 0 bridgehead atoms. The van der Waals surface area contributed by atoms with E-state index < -0.39 is 17.7 Å². The second-order valence-corrected chi connectivity index (χ2v) is 4.14. The minimum atomic E-state index is -1.13. The van der Waals surface area contributed by atoms with E-state index in [1.807, 2.05) is 0 Å². The Hall–Kier alpha value is -2.04. The van der Waals surface area contributed by atoms with Crippen molar-refractivity contribution in [1.82, 2.24) is 0 Å². The topological polar surface area (TPSA) is 72.8 Å². The van der Waals surface area contributed by atoms with Crippen LogP contribution in [0.4, 0.5) is 0 Å². The number of benzene rings is 1. The molecule has 1 aromatic carbocycles. The number of Topliss-reactive ketones (excluding diaryl/α,β-unsaturated/α-hetero) is 1. The van der Waals surface area contributed by atoms with Crippen molar-refractivity contribution in [2.75, 3.05) is 13.2 Å². The van der Waals surface area contributed by atoms with Gasteiger partial charge in [-0.3, -0.25) is 9.59 Å². The van der Waals surface area contributed by atoms with Crippen LogP contribution in [0.2, 0.25) is 0 Å². The van der Waals surface area contributed by atoms with Crippen LogP contribution in [0.3, 0.4) is 0 Å². The van der Waals surface area contributed by atoms with Crippen LogP contribution in [0.1, 0.15) is 23.7 Å². The third-order valence-electron chi connectivity index (χ3n) is 2.80. The summed E-state index contributed by atoms with van der Waals surface area (Å²) in [6, 6.07) is 4.75. The molecule has 1 atom stereocenters. The fourth-order valence-corrected chi connectivity index (χ4v) is 1.68. The number of hydrogen-bond acceptors (Lipinski definition) is 4. The lowest BCUT2D eigenvalue weighted by atomic mass is 9.99. The zero-order chi connectivity index (χ0) is 13.1. The van der Waals surface area contributed by atoms with E-state index in [0.29, 0.717) is 30.3 Å². The van der Waals surface area contributed by atoms with Gasteiger partial charge in [-0.1, -0.05) is 0 Å². The molecule has 1 N–H and O–H groups in total. The van der Waals surface area contributed by atoms with E-state index >= 15 is 0 Å². The van der Waals surface area contributed by atoms with E-state index in [0.717, 1.165) is 6.42 Å². The van der Waals surface area contributed by atoms with Gasteiger partial charge in [-0.05, 0) is 25.1 Å². The van der Waals surface area contributed by atoms with Gasteiger partial charge in [-0.2, -0.15) is 0 Å². The van der Waals surface area contributed by atoms with Gasteiger partial charge in [0.15, 0.2) is 17.3 Å². The van der Waals surface area contributed by atoms with Gasteiger partial charge in [0.2, 0.25) is 0 Å². The van der Waals surface area contributed by atoms with Crippen LogP contribution in [0.5, 0.6) is 11.5 Å². The molecule has 0 amide bonds. The van der Waals surface area contributed by atoms with Gasteiger partial charge in [0.25, 0.3) is 0 Å². The monoisotopic (exact) mass is 250 g/mol. The van der Waals surface area contributed by atoms with Crippen molar-refractivity contribution in [1.29, 1.82) is 0 Å². The van der Waals surface area contributed by atoms with Crippen LogP contribution in [0, 0.1) is 5.92 Å². The van der Waals surface area contributed by atoms with Crippen molar-refractivity contribution in [2.45, 2.75) is 13.3 Å². The molecule has 18 heavy (non-hydrogen) atoms. The molecule has 5 nitrogen and oxygen atoms in total. The highest BCUT2D eigenvalue weighted by molar-refractivity contribution is 6.08. The first-order valence-electron chi connectivity index (χ1n) is 5.76. The van der Waals surface area contributed by atoms with Crippen molar-refractivity contribution < 1.29 is 24.2 Å². The molecule has 0 aromatic heterocycles. The molecule has 5 heteroatoms. The average molecular weight is 250 g/mol. The van der Waals surface area contributed by atoms with Gasteiger partial charge in [-0.25, -0.2) is 0 Å². The lowest BCUT2D eigenvalue weighted by Gasteiger charge is -2.10. The van der Waals surface area contributed by atoms with Gasteiger partial charge in [-0.15, -0.1) is 0 Å². The molecular weight excluding hydrogens is 236 g/mol. The van der Waals surface area contributed by atoms with Crippen molar-refractivity contribution in [3.63, 3.8) is 0 Å². The molecule has 96 valence electrons. The summed E-state index contributed by atoms with van der Waals surface area (Å²) in [5.41, 5.74) is 0.328. The average Bonchev–Trinajstić information content (AvgIpc) is 2.60. The second kappa shape index (κ2) is 5.08. The van der Waals surface area contributed by atoms with Gasteiger partial charge in [0.1, 0.15) is 5.92 Å². The zero-order valence-corrected chi connectivity index (χ0v) is 10.0. The maximum Gasteiger partial charge on any atom is 0.314 e. The Labute approximate surface area is 104 Å². The van der Waals surface area contributed by atoms with Crippen LogP contribution in [0.25, 0.3) is 0 Å². The van der Waals surface area contributed by atoms with Crippen molar-refractivity contribution in [2.24, 2.45) is 5.92 Å². The van der Waals surface area contributed by atoms with E-state index in [1.165, 1.54) is 6.92 Å². The van der Waals surface area contributed by atoms with Gasteiger partial charge < -0.3 is 14.6 Å². The first-order chi connectivity index (χ1) is 8.59. The van der Waals surface area contributed by atoms with E-state index in [4.69, 9.17) is 14.6 Å². The Morgan fingerprint density at radius 1 is 1.22 bits per heavy atom. The molecule has 0 aliphatic carbocycles. The first-order valence-corrected chi connectivity index (χ1v) is 5.76. The number of ketones is 1. The number of hydrogen-bond donors (Lipinski definition) is 1. The quantitative estimate of drug-likeness (QED) is 0.653. The molecule has 1 aliphatic rings. The maximum absolute atomic E-state index is 11.9. The van der Waals surface area contributed by atoms with Gasteiger partial charge in [0.05, 0.1) is 13.2 Å². The number of ether oxygens (including phenoxy) is 2. The summed E-state index contributed by atoms with van der Waals surface area (Å²) in [7, 11) is 0. The standard InChI is InChI=1S/C13H14O5/c1-8(13(15)16)12(14)9-3-4-10-11(7-9)18-6-2-5-17-10/h3-4,7-8H,2,5-6H2,1H3,(H,15,16). The highest BCUT2D eigenvalue weighted by atomic mass is 16.5. The molecule has 0 radical (unpaired) electrons. The summed E-state index contributed by atoms with van der Waals surface area (Å²) in [5, 5.41) is 8.82. The minimum Gasteiger partial charge on any atom is -0.490 e. The third kappa shape index (κ3) is 2.45. The van der Waals surface area contributed by atoms with Crippen molar-refractivity contribution in [3.8, 4) is 11.5 Å². The van der Waals surface area contributed by atoms with E-state index in [2.05, 4.69) is 0 Å². The molecule has 0 fully saturated rings. The van der Waals surface area contributed by atoms with E-state index in [-0.39, 0.29) is 0 Å². The molecule has 0 spiro atoms. The molecule has 1 aliphatic heterocycles. The fraction of sp³-hybridized carbons (Fsp3) is 0.385. The SMILES string of the molecule is CC(C(=O)O)C(=O)c1ccc2c(c1)OCCCO2. The zero-order valence-electron chi connectivity index (χ0n) is 10.0. The summed E-state index contributed by atoms with van der Waals surface area (Å²) in [4.78, 5) is 22.7. The summed E-state index contributed by atoms with van der Waals surface area (Å²) in [5.74, 6) is -1.54. The van der Waals surface area contributed by atoms with E-state index in [1.54, 1.807) is 18.2 Å².